The van der Waals surface area contributed by atoms with Gasteiger partial charge in [0.05, 0.1) is 6.54 Å². The second-order valence-corrected chi connectivity index (χ2v) is 6.26. The Morgan fingerprint density at radius 1 is 1.31 bits per heavy atom. The van der Waals surface area contributed by atoms with Gasteiger partial charge in [0.1, 0.15) is 5.78 Å². The van der Waals surface area contributed by atoms with Crippen molar-refractivity contribution in [1.29, 1.82) is 0 Å². The molecule has 1 aliphatic heterocycles. The first-order valence-corrected chi connectivity index (χ1v) is 6.01. The second-order valence-electron chi connectivity index (χ2n) is 6.26. The molecule has 16 heavy (non-hydrogen) atoms. The van der Waals surface area contributed by atoms with Gasteiger partial charge in [-0.15, -0.1) is 12.4 Å². The molecule has 0 aromatic carbocycles. The number of hydrogen-bond acceptors (Lipinski definition) is 2. The van der Waals surface area contributed by atoms with Crippen LogP contribution in [0.25, 0.3) is 0 Å². The third kappa shape index (κ3) is 3.46. The highest BCUT2D eigenvalue weighted by Gasteiger charge is 2.38. The summed E-state index contributed by atoms with van der Waals surface area (Å²) >= 11 is 0. The molecule has 1 saturated heterocycles. The predicted octanol–water partition coefficient (Wildman–Crippen LogP) is 3.00. The van der Waals surface area contributed by atoms with Gasteiger partial charge in [-0.25, -0.2) is 0 Å². The number of halogens is 1. The molecule has 0 bridgehead atoms. The van der Waals surface area contributed by atoms with Gasteiger partial charge in [0.15, 0.2) is 0 Å². The Balaban J connectivity index is 0.00000225. The summed E-state index contributed by atoms with van der Waals surface area (Å²) in [7, 11) is 0. The lowest BCUT2D eigenvalue weighted by atomic mass is 9.77. The van der Waals surface area contributed by atoms with Crippen molar-refractivity contribution in [2.45, 2.75) is 47.1 Å². The Kier molecular flexibility index (Phi) is 5.48. The highest BCUT2D eigenvalue weighted by molar-refractivity contribution is 5.85. The zero-order valence-corrected chi connectivity index (χ0v) is 12.2. The number of nitrogens with zero attached hydrogens (tertiary/aromatic N) is 1. The van der Waals surface area contributed by atoms with E-state index in [0.29, 0.717) is 24.2 Å². The molecule has 3 heteroatoms. The third-order valence-electron chi connectivity index (χ3n) is 3.51. The maximum atomic E-state index is 12.1. The number of hydrogen-bond donors (Lipinski definition) is 0. The maximum absolute atomic E-state index is 12.1. The Hall–Kier alpha value is -0.0800. The van der Waals surface area contributed by atoms with Crippen LogP contribution in [0.15, 0.2) is 0 Å². The van der Waals surface area contributed by atoms with Crippen LogP contribution < -0.4 is 0 Å². The molecule has 96 valence electrons. The monoisotopic (exact) mass is 247 g/mol. The van der Waals surface area contributed by atoms with E-state index < -0.39 is 0 Å². The Bertz CT molecular complexity index is 245. The minimum atomic E-state index is 0. The van der Waals surface area contributed by atoms with E-state index in [4.69, 9.17) is 0 Å². The summed E-state index contributed by atoms with van der Waals surface area (Å²) in [5.41, 5.74) is 0.117. The van der Waals surface area contributed by atoms with Crippen LogP contribution in [0, 0.1) is 17.8 Å². The first-order valence-electron chi connectivity index (χ1n) is 6.01. The van der Waals surface area contributed by atoms with Gasteiger partial charge in [0, 0.05) is 18.0 Å². The normalized spacial score (nSPS) is 28.1. The smallest absolute Gasteiger partial charge is 0.150 e. The van der Waals surface area contributed by atoms with E-state index in [1.165, 1.54) is 0 Å². The minimum Gasteiger partial charge on any atom is -0.298 e. The molecular weight excluding hydrogens is 222 g/mol. The summed E-state index contributed by atoms with van der Waals surface area (Å²) in [6.45, 7) is 14.8. The van der Waals surface area contributed by atoms with E-state index >= 15 is 0 Å². The van der Waals surface area contributed by atoms with Crippen LogP contribution in [0.1, 0.15) is 41.5 Å². The predicted molar refractivity (Wildman–Crippen MR) is 71.1 cm³/mol. The summed E-state index contributed by atoms with van der Waals surface area (Å²) in [5.74, 6) is 1.67. The molecule has 1 aliphatic rings. The van der Waals surface area contributed by atoms with Crippen LogP contribution in [0.5, 0.6) is 0 Å². The molecule has 2 atom stereocenters. The van der Waals surface area contributed by atoms with Crippen molar-refractivity contribution < 1.29 is 4.79 Å². The largest absolute Gasteiger partial charge is 0.298 e. The van der Waals surface area contributed by atoms with Crippen LogP contribution in [0.2, 0.25) is 0 Å². The standard InChI is InChI=1S/C13H25NO.ClH/c1-9(2)12-10(3)7-14(8-11(12)15)13(4,5)6;/h9-10,12H,7-8H2,1-6H3;1H. The first kappa shape index (κ1) is 15.9. The van der Waals surface area contributed by atoms with Crippen LogP contribution in [-0.4, -0.2) is 29.3 Å². The van der Waals surface area contributed by atoms with E-state index in [0.717, 1.165) is 6.54 Å². The van der Waals surface area contributed by atoms with Gasteiger partial charge < -0.3 is 0 Å². The Labute approximate surface area is 106 Å². The number of carbonyl (C=O) groups is 1. The highest BCUT2D eigenvalue weighted by Crippen LogP contribution is 2.30. The zero-order valence-electron chi connectivity index (χ0n) is 11.4. The first-order chi connectivity index (χ1) is 6.73. The van der Waals surface area contributed by atoms with Crippen molar-refractivity contribution in [2.24, 2.45) is 17.8 Å². The number of rotatable bonds is 1. The molecule has 0 radical (unpaired) electrons. The van der Waals surface area contributed by atoms with Gasteiger partial charge in [-0.3, -0.25) is 9.69 Å². The number of piperidine rings is 1. The van der Waals surface area contributed by atoms with E-state index in [1.54, 1.807) is 0 Å². The summed E-state index contributed by atoms with van der Waals surface area (Å²) in [5, 5.41) is 0. The molecule has 1 rings (SSSR count). The quantitative estimate of drug-likeness (QED) is 0.710. The molecule has 0 aromatic rings. The SMILES string of the molecule is CC(C)C1C(=O)CN(C(C)(C)C)CC1C.Cl. The molecule has 0 spiro atoms. The lowest BCUT2D eigenvalue weighted by Gasteiger charge is -2.44. The summed E-state index contributed by atoms with van der Waals surface area (Å²) in [6.07, 6.45) is 0. The average molecular weight is 248 g/mol. The van der Waals surface area contributed by atoms with Crippen molar-refractivity contribution in [3.8, 4) is 0 Å². The highest BCUT2D eigenvalue weighted by atomic mass is 35.5. The van der Waals surface area contributed by atoms with Gasteiger partial charge >= 0.3 is 0 Å². The molecule has 2 nitrogen and oxygen atoms in total. The third-order valence-corrected chi connectivity index (χ3v) is 3.51. The topological polar surface area (TPSA) is 20.3 Å². The van der Waals surface area contributed by atoms with Crippen LogP contribution in [0.4, 0.5) is 0 Å². The van der Waals surface area contributed by atoms with Crippen molar-refractivity contribution in [1.82, 2.24) is 4.90 Å². The van der Waals surface area contributed by atoms with E-state index in [-0.39, 0.29) is 23.9 Å². The number of carbonyl (C=O) groups excluding carboxylic acids is 1. The minimum absolute atomic E-state index is 0. The molecular formula is C13H26ClNO. The van der Waals surface area contributed by atoms with Gasteiger partial charge in [0.25, 0.3) is 0 Å². The van der Waals surface area contributed by atoms with Crippen molar-refractivity contribution >= 4 is 18.2 Å². The van der Waals surface area contributed by atoms with Crippen molar-refractivity contribution in [3.63, 3.8) is 0 Å². The van der Waals surface area contributed by atoms with E-state index in [2.05, 4.69) is 46.4 Å². The average Bonchev–Trinajstić information content (AvgIpc) is 1.99. The molecule has 1 fully saturated rings. The van der Waals surface area contributed by atoms with Crippen LogP contribution in [0.3, 0.4) is 0 Å². The summed E-state index contributed by atoms with van der Waals surface area (Å²) in [4.78, 5) is 14.4. The van der Waals surface area contributed by atoms with Gasteiger partial charge in [-0.2, -0.15) is 0 Å². The number of ketones is 1. The molecule has 2 unspecified atom stereocenters. The van der Waals surface area contributed by atoms with E-state index in [9.17, 15) is 4.79 Å². The van der Waals surface area contributed by atoms with Gasteiger partial charge in [-0.05, 0) is 32.6 Å². The van der Waals surface area contributed by atoms with Crippen molar-refractivity contribution in [2.75, 3.05) is 13.1 Å². The van der Waals surface area contributed by atoms with Crippen molar-refractivity contribution in [3.05, 3.63) is 0 Å². The summed E-state index contributed by atoms with van der Waals surface area (Å²) < 4.78 is 0. The van der Waals surface area contributed by atoms with Crippen LogP contribution >= 0.6 is 12.4 Å². The fourth-order valence-corrected chi connectivity index (χ4v) is 2.68. The lowest BCUT2D eigenvalue weighted by molar-refractivity contribution is -0.133. The lowest BCUT2D eigenvalue weighted by Crippen LogP contribution is -2.54. The fraction of sp³-hybridized carbons (Fsp3) is 0.923. The second kappa shape index (κ2) is 5.50. The molecule has 0 N–H and O–H groups in total. The fourth-order valence-electron chi connectivity index (χ4n) is 2.68. The Morgan fingerprint density at radius 3 is 2.12 bits per heavy atom. The maximum Gasteiger partial charge on any atom is 0.150 e. The van der Waals surface area contributed by atoms with Gasteiger partial charge in [-0.1, -0.05) is 20.8 Å². The summed E-state index contributed by atoms with van der Waals surface area (Å²) in [6, 6.07) is 0. The molecule has 0 amide bonds. The molecule has 0 aliphatic carbocycles. The number of Topliss-reactive ketones (excluding diaryl/α,β-unsaturated/α-hetero) is 1. The molecule has 0 saturated carbocycles. The zero-order chi connectivity index (χ0) is 11.8. The number of likely N-dealkylation sites (tertiary alicyclic amines) is 1. The van der Waals surface area contributed by atoms with E-state index in [1.807, 2.05) is 0 Å². The Morgan fingerprint density at radius 2 is 1.81 bits per heavy atom. The van der Waals surface area contributed by atoms with Crippen LogP contribution in [-0.2, 0) is 4.79 Å². The van der Waals surface area contributed by atoms with Gasteiger partial charge in [0.2, 0.25) is 0 Å². The molecule has 1 heterocycles. The molecule has 0 aromatic heterocycles.